The number of piperazine rings is 1. The zero-order valence-corrected chi connectivity index (χ0v) is 14.9. The summed E-state index contributed by atoms with van der Waals surface area (Å²) in [6.07, 6.45) is 3.49. The minimum Gasteiger partial charge on any atom is -0.366 e. The Bertz CT molecular complexity index is 914. The van der Waals surface area contributed by atoms with Crippen LogP contribution in [0.2, 0.25) is 0 Å². The Labute approximate surface area is 151 Å². The molecule has 1 aliphatic heterocycles. The van der Waals surface area contributed by atoms with Crippen LogP contribution in [0.25, 0.3) is 5.82 Å². The molecule has 0 aliphatic carbocycles. The van der Waals surface area contributed by atoms with Gasteiger partial charge < -0.3 is 9.80 Å². The monoisotopic (exact) mass is 352 g/mol. The van der Waals surface area contributed by atoms with E-state index in [0.717, 1.165) is 43.4 Å². The highest BCUT2D eigenvalue weighted by Gasteiger charge is 2.21. The molecule has 134 valence electrons. The summed E-state index contributed by atoms with van der Waals surface area (Å²) in [5.74, 6) is 1.36. The third-order valence-corrected chi connectivity index (χ3v) is 4.63. The van der Waals surface area contributed by atoms with Gasteiger partial charge in [-0.05, 0) is 32.0 Å². The van der Waals surface area contributed by atoms with E-state index in [1.165, 1.54) is 6.07 Å². The van der Waals surface area contributed by atoms with E-state index in [2.05, 4.69) is 19.9 Å². The van der Waals surface area contributed by atoms with Crippen molar-refractivity contribution in [2.75, 3.05) is 36.0 Å². The first-order chi connectivity index (χ1) is 12.6. The van der Waals surface area contributed by atoms with Gasteiger partial charge in [0.1, 0.15) is 11.6 Å². The number of anilines is 2. The predicted molar refractivity (Wildman–Crippen MR) is 99.5 cm³/mol. The summed E-state index contributed by atoms with van der Waals surface area (Å²) in [6, 6.07) is 8.93. The zero-order valence-electron chi connectivity index (χ0n) is 14.9. The first kappa shape index (κ1) is 16.5. The van der Waals surface area contributed by atoms with E-state index in [1.807, 2.05) is 32.0 Å². The van der Waals surface area contributed by atoms with Gasteiger partial charge in [0.15, 0.2) is 5.82 Å². The number of hydrogen-bond donors (Lipinski definition) is 0. The Morgan fingerprint density at radius 2 is 1.62 bits per heavy atom. The molecular weight excluding hydrogens is 331 g/mol. The molecule has 0 spiro atoms. The van der Waals surface area contributed by atoms with Crippen LogP contribution in [0.15, 0.2) is 42.7 Å². The first-order valence-electron chi connectivity index (χ1n) is 8.72. The Morgan fingerprint density at radius 3 is 2.31 bits per heavy atom. The van der Waals surface area contributed by atoms with Crippen LogP contribution in [-0.4, -0.2) is 45.9 Å². The van der Waals surface area contributed by atoms with Crippen molar-refractivity contribution in [2.45, 2.75) is 13.8 Å². The molecule has 2 aromatic heterocycles. The van der Waals surface area contributed by atoms with Crippen molar-refractivity contribution in [3.05, 3.63) is 59.9 Å². The van der Waals surface area contributed by atoms with Crippen molar-refractivity contribution in [3.8, 4) is 5.82 Å². The number of aryl methyl sites for hydroxylation is 2. The molecule has 6 nitrogen and oxygen atoms in total. The van der Waals surface area contributed by atoms with Gasteiger partial charge in [0.25, 0.3) is 0 Å². The van der Waals surface area contributed by atoms with E-state index in [-0.39, 0.29) is 5.82 Å². The lowest BCUT2D eigenvalue weighted by atomic mass is 10.2. The Morgan fingerprint density at radius 1 is 0.923 bits per heavy atom. The average molecular weight is 352 g/mol. The van der Waals surface area contributed by atoms with E-state index in [4.69, 9.17) is 4.98 Å². The Kier molecular flexibility index (Phi) is 4.28. The third kappa shape index (κ3) is 3.12. The van der Waals surface area contributed by atoms with Gasteiger partial charge in [-0.25, -0.2) is 14.1 Å². The Hall–Kier alpha value is -2.96. The van der Waals surface area contributed by atoms with Crippen LogP contribution in [0, 0.1) is 19.7 Å². The van der Waals surface area contributed by atoms with Crippen molar-refractivity contribution in [3.63, 3.8) is 0 Å². The van der Waals surface area contributed by atoms with Crippen molar-refractivity contribution in [1.82, 2.24) is 19.7 Å². The van der Waals surface area contributed by atoms with Gasteiger partial charge in [0.2, 0.25) is 0 Å². The number of aromatic nitrogens is 4. The topological polar surface area (TPSA) is 50.1 Å². The molecular formula is C19H21FN6. The molecule has 0 unspecified atom stereocenters. The highest BCUT2D eigenvalue weighted by atomic mass is 19.1. The van der Waals surface area contributed by atoms with E-state index in [9.17, 15) is 4.39 Å². The van der Waals surface area contributed by atoms with Crippen molar-refractivity contribution in [2.24, 2.45) is 0 Å². The Balaban J connectivity index is 1.51. The van der Waals surface area contributed by atoms with Gasteiger partial charge in [-0.15, -0.1) is 0 Å². The molecule has 1 aliphatic rings. The van der Waals surface area contributed by atoms with E-state index in [0.29, 0.717) is 11.5 Å². The lowest BCUT2D eigenvalue weighted by Crippen LogP contribution is -2.47. The van der Waals surface area contributed by atoms with Crippen molar-refractivity contribution < 1.29 is 4.39 Å². The fourth-order valence-corrected chi connectivity index (χ4v) is 3.35. The summed E-state index contributed by atoms with van der Waals surface area (Å²) >= 11 is 0. The van der Waals surface area contributed by atoms with Gasteiger partial charge in [-0.3, -0.25) is 4.98 Å². The van der Waals surface area contributed by atoms with Gasteiger partial charge in [-0.2, -0.15) is 5.10 Å². The standard InChI is InChI=1S/C19H21FN6/c1-14-11-15(2)26(23-14)19-13-21-12-18(22-19)25-9-7-24(8-10-25)17-6-4-3-5-16(17)20/h3-6,11-13H,7-10H2,1-2H3. The third-order valence-electron chi connectivity index (χ3n) is 4.63. The first-order valence-corrected chi connectivity index (χ1v) is 8.72. The maximum absolute atomic E-state index is 14.0. The predicted octanol–water partition coefficient (Wildman–Crippen LogP) is 2.74. The van der Waals surface area contributed by atoms with Crippen molar-refractivity contribution >= 4 is 11.5 Å². The molecule has 26 heavy (non-hydrogen) atoms. The van der Waals surface area contributed by atoms with Gasteiger partial charge in [0, 0.05) is 31.9 Å². The molecule has 1 fully saturated rings. The van der Waals surface area contributed by atoms with E-state index < -0.39 is 0 Å². The number of benzene rings is 1. The minimum absolute atomic E-state index is 0.174. The molecule has 0 saturated carbocycles. The highest BCUT2D eigenvalue weighted by molar-refractivity contribution is 5.50. The maximum Gasteiger partial charge on any atom is 0.174 e. The van der Waals surface area contributed by atoms with Crippen LogP contribution in [0.5, 0.6) is 0 Å². The quantitative estimate of drug-likeness (QED) is 0.725. The maximum atomic E-state index is 14.0. The number of rotatable bonds is 3. The van der Waals surface area contributed by atoms with Gasteiger partial charge >= 0.3 is 0 Å². The number of para-hydroxylation sites is 1. The fourth-order valence-electron chi connectivity index (χ4n) is 3.35. The molecule has 1 aromatic carbocycles. The molecule has 3 heterocycles. The SMILES string of the molecule is Cc1cc(C)n(-c2cncc(N3CCN(c4ccccc4F)CC3)n2)n1. The van der Waals surface area contributed by atoms with Crippen LogP contribution >= 0.6 is 0 Å². The normalized spacial score (nSPS) is 14.7. The van der Waals surface area contributed by atoms with Gasteiger partial charge in [0.05, 0.1) is 23.8 Å². The van der Waals surface area contributed by atoms with Crippen LogP contribution in [0.3, 0.4) is 0 Å². The zero-order chi connectivity index (χ0) is 18.1. The second-order valence-corrected chi connectivity index (χ2v) is 6.50. The minimum atomic E-state index is -0.174. The summed E-state index contributed by atoms with van der Waals surface area (Å²) < 4.78 is 15.8. The summed E-state index contributed by atoms with van der Waals surface area (Å²) in [4.78, 5) is 13.3. The molecule has 7 heteroatoms. The van der Waals surface area contributed by atoms with E-state index >= 15 is 0 Å². The summed E-state index contributed by atoms with van der Waals surface area (Å²) in [5.41, 5.74) is 2.64. The molecule has 4 rings (SSSR count). The van der Waals surface area contributed by atoms with E-state index in [1.54, 1.807) is 23.1 Å². The lowest BCUT2D eigenvalue weighted by molar-refractivity contribution is 0.595. The molecule has 1 saturated heterocycles. The lowest BCUT2D eigenvalue weighted by Gasteiger charge is -2.36. The number of nitrogens with zero attached hydrogens (tertiary/aromatic N) is 6. The van der Waals surface area contributed by atoms with Crippen LogP contribution in [-0.2, 0) is 0 Å². The highest BCUT2D eigenvalue weighted by Crippen LogP contribution is 2.22. The fraction of sp³-hybridized carbons (Fsp3) is 0.316. The van der Waals surface area contributed by atoms with Crippen LogP contribution in [0.4, 0.5) is 15.9 Å². The molecule has 0 amide bonds. The summed E-state index contributed by atoms with van der Waals surface area (Å²) in [6.45, 7) is 6.98. The summed E-state index contributed by atoms with van der Waals surface area (Å²) in [5, 5.41) is 4.47. The molecule has 0 atom stereocenters. The molecule has 0 radical (unpaired) electrons. The average Bonchev–Trinajstić information content (AvgIpc) is 3.01. The van der Waals surface area contributed by atoms with Crippen molar-refractivity contribution in [1.29, 1.82) is 0 Å². The van der Waals surface area contributed by atoms with Crippen LogP contribution < -0.4 is 9.80 Å². The largest absolute Gasteiger partial charge is 0.366 e. The van der Waals surface area contributed by atoms with Crippen LogP contribution in [0.1, 0.15) is 11.4 Å². The number of hydrogen-bond acceptors (Lipinski definition) is 5. The number of halogens is 1. The second-order valence-electron chi connectivity index (χ2n) is 6.50. The smallest absolute Gasteiger partial charge is 0.174 e. The molecule has 0 bridgehead atoms. The summed E-state index contributed by atoms with van der Waals surface area (Å²) in [7, 11) is 0. The molecule has 3 aromatic rings. The molecule has 0 N–H and O–H groups in total. The van der Waals surface area contributed by atoms with Gasteiger partial charge in [-0.1, -0.05) is 12.1 Å². The second kappa shape index (κ2) is 6.74.